The van der Waals surface area contributed by atoms with Crippen LogP contribution in [0.2, 0.25) is 0 Å². The first-order valence-electron chi connectivity index (χ1n) is 3.84. The van der Waals surface area contributed by atoms with Crippen LogP contribution in [-0.4, -0.2) is 28.6 Å². The van der Waals surface area contributed by atoms with Gasteiger partial charge in [0.25, 0.3) is 0 Å². The molecule has 0 amide bonds. The van der Waals surface area contributed by atoms with Crippen LogP contribution in [0.25, 0.3) is 0 Å². The summed E-state index contributed by atoms with van der Waals surface area (Å²) in [6, 6.07) is 0. The third-order valence-electron chi connectivity index (χ3n) is 1.25. The SMILES string of the molecule is O=C([O-])CC(O)(CC(=O)[O-])C(=O)[O-].O=P([O-])([O-])[O-].[Na+].[Na+].[Na+].[Na+].[Na+]. The molecule has 0 atom stereocenters. The smallest absolute Gasteiger partial charge is 0.822 e. The van der Waals surface area contributed by atoms with Gasteiger partial charge in [-0.25, -0.2) is 0 Å². The van der Waals surface area contributed by atoms with E-state index >= 15 is 0 Å². The number of hydrogen-bond donors (Lipinski definition) is 1. The zero-order chi connectivity index (χ0) is 15.1. The van der Waals surface area contributed by atoms with Crippen LogP contribution in [-0.2, 0) is 18.9 Å². The van der Waals surface area contributed by atoms with E-state index in [-0.39, 0.29) is 148 Å². The fraction of sp³-hybridized carbons (Fsp3) is 0.500. The molecule has 0 fully saturated rings. The third-order valence-corrected chi connectivity index (χ3v) is 1.25. The Hall–Kier alpha value is 3.48. The molecule has 0 heterocycles. The number of aliphatic carboxylic acids is 3. The van der Waals surface area contributed by atoms with E-state index in [0.717, 1.165) is 0 Å². The van der Waals surface area contributed by atoms with Gasteiger partial charge in [0.1, 0.15) is 5.60 Å². The van der Waals surface area contributed by atoms with Crippen molar-refractivity contribution in [3.05, 3.63) is 0 Å². The number of rotatable bonds is 5. The minimum atomic E-state index is -5.39. The van der Waals surface area contributed by atoms with Crippen LogP contribution >= 0.6 is 7.82 Å². The van der Waals surface area contributed by atoms with E-state index in [2.05, 4.69) is 0 Å². The van der Waals surface area contributed by atoms with Crippen LogP contribution in [0, 0.1) is 0 Å². The number of aliphatic hydroxyl groups is 1. The van der Waals surface area contributed by atoms with Gasteiger partial charge in [0, 0.05) is 24.8 Å². The van der Waals surface area contributed by atoms with Gasteiger partial charge < -0.3 is 54.1 Å². The maximum absolute atomic E-state index is 10.1. The molecule has 11 nitrogen and oxygen atoms in total. The van der Waals surface area contributed by atoms with Gasteiger partial charge in [0.2, 0.25) is 0 Å². The van der Waals surface area contributed by atoms with E-state index in [1.807, 2.05) is 0 Å². The van der Waals surface area contributed by atoms with Crippen LogP contribution in [0.4, 0.5) is 0 Å². The molecular weight excluding hydrogens is 394 g/mol. The Morgan fingerprint density at radius 2 is 0.957 bits per heavy atom. The van der Waals surface area contributed by atoms with Crippen molar-refractivity contribution in [2.45, 2.75) is 18.4 Å². The first-order chi connectivity index (χ1) is 7.78. The molecule has 0 aliphatic heterocycles. The van der Waals surface area contributed by atoms with Gasteiger partial charge in [-0.3, -0.25) is 0 Å². The van der Waals surface area contributed by atoms with Gasteiger partial charge in [0.15, 0.2) is 0 Å². The molecule has 0 aromatic carbocycles. The monoisotopic (exact) mass is 399 g/mol. The molecule has 0 aliphatic rings. The topological polar surface area (TPSA) is 227 Å². The Labute approximate surface area is 241 Å². The van der Waals surface area contributed by atoms with Crippen molar-refractivity contribution in [1.29, 1.82) is 0 Å². The van der Waals surface area contributed by atoms with Gasteiger partial charge >= 0.3 is 148 Å². The summed E-state index contributed by atoms with van der Waals surface area (Å²) in [7, 11) is -5.39. The van der Waals surface area contributed by atoms with Crippen LogP contribution in [0.3, 0.4) is 0 Å². The van der Waals surface area contributed by atoms with E-state index in [4.69, 9.17) is 24.4 Å². The van der Waals surface area contributed by atoms with E-state index < -0.39 is 44.2 Å². The van der Waals surface area contributed by atoms with Crippen molar-refractivity contribution in [3.8, 4) is 0 Å². The molecular formula is C6H5Na5O11P-. The number of hydrogen-bond acceptors (Lipinski definition) is 11. The summed E-state index contributed by atoms with van der Waals surface area (Å²) >= 11 is 0. The van der Waals surface area contributed by atoms with Crippen molar-refractivity contribution in [3.63, 3.8) is 0 Å². The molecule has 0 aromatic heterocycles. The molecule has 0 unspecified atom stereocenters. The molecule has 0 spiro atoms. The van der Waals surface area contributed by atoms with Crippen LogP contribution in [0.5, 0.6) is 0 Å². The standard InChI is InChI=1S/C6H8O7.5Na.H3O4P/c7-3(8)1-6(13,5(11)12)2-4(9)10;;;;;;1-5(2,3)4/h13H,1-2H2,(H,7,8)(H,9,10)(H,11,12);;;;;;(H3,1,2,3,4)/q;5*+1;/p-6. The quantitative estimate of drug-likeness (QED) is 0.337. The van der Waals surface area contributed by atoms with E-state index in [0.29, 0.717) is 0 Å². The van der Waals surface area contributed by atoms with Gasteiger partial charge in [-0.2, -0.15) is 7.82 Å². The fourth-order valence-corrected chi connectivity index (χ4v) is 0.684. The third kappa shape index (κ3) is 37.0. The molecule has 0 aromatic rings. The largest absolute Gasteiger partial charge is 1.00 e. The maximum atomic E-state index is 10.1. The average Bonchev–Trinajstić information content (AvgIpc) is 1.95. The number of carbonyl (C=O) groups excluding carboxylic acids is 3. The predicted molar refractivity (Wildman–Crippen MR) is 36.8 cm³/mol. The molecule has 0 aliphatic carbocycles. The average molecular weight is 399 g/mol. The van der Waals surface area contributed by atoms with Gasteiger partial charge in [-0.1, -0.05) is 0 Å². The zero-order valence-electron chi connectivity index (χ0n) is 13.4. The summed E-state index contributed by atoms with van der Waals surface area (Å²) in [6.07, 6.45) is -2.72. The molecule has 0 rings (SSSR count). The van der Waals surface area contributed by atoms with Gasteiger partial charge in [0.05, 0.1) is 5.97 Å². The Morgan fingerprint density at radius 1 is 0.783 bits per heavy atom. The first kappa shape index (κ1) is 45.3. The van der Waals surface area contributed by atoms with E-state index in [9.17, 15) is 29.7 Å². The second-order valence-corrected chi connectivity index (χ2v) is 3.76. The molecule has 0 bridgehead atoms. The molecule has 0 saturated carbocycles. The summed E-state index contributed by atoms with van der Waals surface area (Å²) in [4.78, 5) is 55.6. The fourth-order valence-electron chi connectivity index (χ4n) is 0.684. The molecule has 23 heavy (non-hydrogen) atoms. The minimum absolute atomic E-state index is 0. The number of carboxylic acids is 3. The summed E-state index contributed by atoms with van der Waals surface area (Å²) in [5.41, 5.74) is -2.97. The van der Waals surface area contributed by atoms with Crippen molar-refractivity contribution >= 4 is 25.7 Å². The molecule has 17 heteroatoms. The van der Waals surface area contributed by atoms with Crippen molar-refractivity contribution in [2.24, 2.45) is 0 Å². The first-order valence-corrected chi connectivity index (χ1v) is 5.30. The van der Waals surface area contributed by atoms with Gasteiger partial charge in [-0.05, 0) is 0 Å². The van der Waals surface area contributed by atoms with Crippen LogP contribution in [0.1, 0.15) is 12.8 Å². The van der Waals surface area contributed by atoms with E-state index in [1.165, 1.54) is 0 Å². The van der Waals surface area contributed by atoms with E-state index in [1.54, 1.807) is 0 Å². The minimum Gasteiger partial charge on any atom is -0.822 e. The molecule has 106 valence electrons. The summed E-state index contributed by atoms with van der Waals surface area (Å²) < 4.78 is 8.55. The van der Waals surface area contributed by atoms with Crippen molar-refractivity contribution < 1.29 is 202 Å². The van der Waals surface area contributed by atoms with Crippen molar-refractivity contribution in [2.75, 3.05) is 0 Å². The molecule has 0 radical (unpaired) electrons. The normalized spacial score (nSPS) is 8.70. The Balaban J connectivity index is -0.0000000455. The number of carboxylic acid groups (broad SMARTS) is 3. The molecule has 0 saturated heterocycles. The molecule has 1 N–H and O–H groups in total. The maximum Gasteiger partial charge on any atom is 1.00 e. The zero-order valence-corrected chi connectivity index (χ0v) is 24.3. The Morgan fingerprint density at radius 3 is 1.04 bits per heavy atom. The summed E-state index contributed by atoms with van der Waals surface area (Å²) in [6.45, 7) is 0. The number of phosphoric acid groups is 1. The van der Waals surface area contributed by atoms with Crippen LogP contribution in [0.15, 0.2) is 0 Å². The second kappa shape index (κ2) is 21.8. The van der Waals surface area contributed by atoms with Crippen molar-refractivity contribution in [1.82, 2.24) is 0 Å². The Bertz CT molecular complexity index is 361. The van der Waals surface area contributed by atoms with Crippen LogP contribution < -0.4 is 178 Å². The predicted octanol–water partition coefficient (Wildman–Crippen LogP) is -23.1. The van der Waals surface area contributed by atoms with Gasteiger partial charge in [-0.15, -0.1) is 0 Å². The number of carbonyl (C=O) groups is 3. The summed E-state index contributed by atoms with van der Waals surface area (Å²) in [5.74, 6) is -5.98. The second-order valence-electron chi connectivity index (χ2n) is 2.86. The Kier molecular flexibility index (Phi) is 42.9. The summed E-state index contributed by atoms with van der Waals surface area (Å²) in [5, 5.41) is 38.9.